The van der Waals surface area contributed by atoms with Gasteiger partial charge in [-0.1, -0.05) is 12.1 Å². The number of benzene rings is 2. The number of nitrogens with one attached hydrogen (secondary N) is 2. The summed E-state index contributed by atoms with van der Waals surface area (Å²) in [5.41, 5.74) is 2.30. The van der Waals surface area contributed by atoms with Gasteiger partial charge in [0.15, 0.2) is 11.5 Å². The smallest absolute Gasteiger partial charge is 0.259 e. The summed E-state index contributed by atoms with van der Waals surface area (Å²) in [6, 6.07) is 10.8. The highest BCUT2D eigenvalue weighted by molar-refractivity contribution is 7.80. The Kier molecular flexibility index (Phi) is 5.72. The molecule has 0 radical (unpaired) electrons. The van der Waals surface area contributed by atoms with Crippen LogP contribution in [0.4, 0.5) is 11.5 Å². The van der Waals surface area contributed by atoms with E-state index in [0.717, 1.165) is 16.5 Å². The second kappa shape index (κ2) is 8.19. The molecule has 0 aliphatic heterocycles. The van der Waals surface area contributed by atoms with Gasteiger partial charge < -0.3 is 14.8 Å². The molecule has 142 valence electrons. The van der Waals surface area contributed by atoms with E-state index < -0.39 is 11.3 Å². The van der Waals surface area contributed by atoms with E-state index in [2.05, 4.69) is 20.0 Å². The Hall–Kier alpha value is -2.91. The number of hydrogen-bond acceptors (Lipinski definition) is 6. The molecule has 0 bridgehead atoms. The van der Waals surface area contributed by atoms with Gasteiger partial charge >= 0.3 is 0 Å². The number of nitrogens with zero attached hydrogens (tertiary/aromatic N) is 2. The van der Waals surface area contributed by atoms with E-state index >= 15 is 0 Å². The Morgan fingerprint density at radius 3 is 2.37 bits per heavy atom. The average Bonchev–Trinajstić information content (AvgIpc) is 2.67. The first-order valence-corrected chi connectivity index (χ1v) is 9.23. The first-order valence-electron chi connectivity index (χ1n) is 8.12. The summed E-state index contributed by atoms with van der Waals surface area (Å²) >= 11 is -2.09. The number of aromatic nitrogens is 2. The summed E-state index contributed by atoms with van der Waals surface area (Å²) in [5, 5.41) is 4.19. The fourth-order valence-electron chi connectivity index (χ4n) is 2.73. The van der Waals surface area contributed by atoms with Crippen molar-refractivity contribution in [2.45, 2.75) is 13.0 Å². The van der Waals surface area contributed by atoms with Gasteiger partial charge in [-0.25, -0.2) is 14.2 Å². The number of rotatable bonds is 7. The lowest BCUT2D eigenvalue weighted by molar-refractivity contribution is 0.356. The van der Waals surface area contributed by atoms with Crippen molar-refractivity contribution in [3.8, 4) is 11.5 Å². The maximum Gasteiger partial charge on any atom is 0.259 e. The third kappa shape index (κ3) is 4.26. The van der Waals surface area contributed by atoms with E-state index in [1.54, 1.807) is 32.4 Å². The van der Waals surface area contributed by atoms with Gasteiger partial charge in [-0.15, -0.1) is 0 Å². The molecule has 0 saturated heterocycles. The Labute approximate surface area is 159 Å². The molecule has 3 aromatic rings. The fraction of sp³-hybridized carbons (Fsp3) is 0.222. The normalized spacial score (nSPS) is 13.0. The minimum atomic E-state index is -2.09. The maximum absolute atomic E-state index is 10.8. The minimum absolute atomic E-state index is 0.0510. The van der Waals surface area contributed by atoms with E-state index in [9.17, 15) is 4.21 Å². The number of ether oxygens (including phenoxy) is 2. The van der Waals surface area contributed by atoms with Crippen LogP contribution in [0.3, 0.4) is 0 Å². The molecule has 3 rings (SSSR count). The van der Waals surface area contributed by atoms with E-state index in [-0.39, 0.29) is 6.04 Å². The van der Waals surface area contributed by atoms with Crippen LogP contribution in [-0.4, -0.2) is 32.9 Å². The van der Waals surface area contributed by atoms with Gasteiger partial charge in [0.2, 0.25) is 0 Å². The van der Waals surface area contributed by atoms with E-state index in [1.165, 1.54) is 6.33 Å². The zero-order chi connectivity index (χ0) is 19.4. The first kappa shape index (κ1) is 18.9. The molecular weight excluding hydrogens is 368 g/mol. The molecule has 0 spiro atoms. The number of hydrogen-bond donors (Lipinski definition) is 3. The lowest BCUT2D eigenvalue weighted by atomic mass is 10.1. The third-order valence-electron chi connectivity index (χ3n) is 4.11. The van der Waals surface area contributed by atoms with Gasteiger partial charge in [0, 0.05) is 23.2 Å². The molecule has 2 atom stereocenters. The van der Waals surface area contributed by atoms with Crippen LogP contribution < -0.4 is 19.5 Å². The molecule has 1 heterocycles. The highest BCUT2D eigenvalue weighted by Gasteiger charge is 2.13. The van der Waals surface area contributed by atoms with Crippen molar-refractivity contribution in [1.82, 2.24) is 9.97 Å². The van der Waals surface area contributed by atoms with Crippen molar-refractivity contribution < 1.29 is 18.2 Å². The highest BCUT2D eigenvalue weighted by atomic mass is 32.2. The number of methoxy groups -OCH3 is 2. The van der Waals surface area contributed by atoms with Gasteiger partial charge in [-0.3, -0.25) is 9.27 Å². The van der Waals surface area contributed by atoms with Gasteiger partial charge in [0.25, 0.3) is 11.3 Å². The van der Waals surface area contributed by atoms with Gasteiger partial charge in [0.1, 0.15) is 12.1 Å². The standard InChI is InChI=1S/C18H20N4O4S/c1-11(12-4-6-13(7-5-12)22-27(23)24)21-18-14-8-16(25-2)17(26-3)9-15(14)19-10-20-18/h4-11,22H,1-3H3,(H,23,24)(H,19,20,21)/t11-/m1/s1. The monoisotopic (exact) mass is 388 g/mol. The van der Waals surface area contributed by atoms with E-state index in [4.69, 9.17) is 14.0 Å². The van der Waals surface area contributed by atoms with Crippen LogP contribution in [0.1, 0.15) is 18.5 Å². The van der Waals surface area contributed by atoms with Crippen molar-refractivity contribution >= 4 is 33.7 Å². The van der Waals surface area contributed by atoms with Gasteiger partial charge in [0.05, 0.1) is 19.7 Å². The topological polar surface area (TPSA) is 106 Å². The molecule has 0 amide bonds. The molecule has 1 aromatic heterocycles. The van der Waals surface area contributed by atoms with Crippen LogP contribution in [0, 0.1) is 0 Å². The summed E-state index contributed by atoms with van der Waals surface area (Å²) in [6.45, 7) is 2.00. The van der Waals surface area contributed by atoms with Crippen LogP contribution in [-0.2, 0) is 11.3 Å². The van der Waals surface area contributed by atoms with Crippen molar-refractivity contribution in [2.75, 3.05) is 24.3 Å². The van der Waals surface area contributed by atoms with Crippen LogP contribution in [0.25, 0.3) is 10.9 Å². The zero-order valence-electron chi connectivity index (χ0n) is 15.1. The van der Waals surface area contributed by atoms with E-state index in [0.29, 0.717) is 23.0 Å². The number of fused-ring (bicyclic) bond motifs is 1. The highest BCUT2D eigenvalue weighted by Crippen LogP contribution is 2.34. The summed E-state index contributed by atoms with van der Waals surface area (Å²) in [6.07, 6.45) is 1.49. The maximum atomic E-state index is 10.8. The van der Waals surface area contributed by atoms with Crippen LogP contribution in [0.5, 0.6) is 11.5 Å². The Morgan fingerprint density at radius 2 is 1.74 bits per heavy atom. The average molecular weight is 388 g/mol. The molecule has 27 heavy (non-hydrogen) atoms. The Bertz CT molecular complexity index is 965. The molecule has 2 aromatic carbocycles. The molecule has 0 fully saturated rings. The van der Waals surface area contributed by atoms with Crippen LogP contribution >= 0.6 is 0 Å². The predicted molar refractivity (Wildman–Crippen MR) is 106 cm³/mol. The molecule has 8 nitrogen and oxygen atoms in total. The number of anilines is 2. The molecule has 9 heteroatoms. The van der Waals surface area contributed by atoms with Crippen molar-refractivity contribution in [3.63, 3.8) is 0 Å². The van der Waals surface area contributed by atoms with Crippen LogP contribution in [0.2, 0.25) is 0 Å². The fourth-order valence-corrected chi connectivity index (χ4v) is 3.06. The summed E-state index contributed by atoms with van der Waals surface area (Å²) in [4.78, 5) is 8.65. The van der Waals surface area contributed by atoms with Gasteiger partial charge in [-0.05, 0) is 30.7 Å². The zero-order valence-corrected chi connectivity index (χ0v) is 15.9. The third-order valence-corrected chi connectivity index (χ3v) is 4.52. The largest absolute Gasteiger partial charge is 0.493 e. The van der Waals surface area contributed by atoms with Crippen LogP contribution in [0.15, 0.2) is 42.7 Å². The summed E-state index contributed by atoms with van der Waals surface area (Å²) < 4.78 is 32.8. The first-order chi connectivity index (χ1) is 13.0. The SMILES string of the molecule is COc1cc2ncnc(N[C@H](C)c3ccc(NS(=O)O)cc3)c2cc1OC. The summed E-state index contributed by atoms with van der Waals surface area (Å²) in [7, 11) is 3.16. The second-order valence-corrected chi connectivity index (χ2v) is 6.49. The second-order valence-electron chi connectivity index (χ2n) is 5.79. The molecule has 3 N–H and O–H groups in total. The molecular formula is C18H20N4O4S. The Balaban J connectivity index is 1.88. The Morgan fingerprint density at radius 1 is 1.07 bits per heavy atom. The molecule has 0 saturated carbocycles. The van der Waals surface area contributed by atoms with E-state index in [1.807, 2.05) is 25.1 Å². The van der Waals surface area contributed by atoms with Crippen molar-refractivity contribution in [3.05, 3.63) is 48.3 Å². The minimum Gasteiger partial charge on any atom is -0.493 e. The lowest BCUT2D eigenvalue weighted by Crippen LogP contribution is -2.09. The molecule has 0 aliphatic rings. The van der Waals surface area contributed by atoms with Crippen molar-refractivity contribution in [2.24, 2.45) is 0 Å². The lowest BCUT2D eigenvalue weighted by Gasteiger charge is -2.17. The summed E-state index contributed by atoms with van der Waals surface area (Å²) in [5.74, 6) is 1.88. The molecule has 1 unspecified atom stereocenters. The predicted octanol–water partition coefficient (Wildman–Crippen LogP) is 3.37. The van der Waals surface area contributed by atoms with Crippen molar-refractivity contribution in [1.29, 1.82) is 0 Å². The van der Waals surface area contributed by atoms with Gasteiger partial charge in [-0.2, -0.15) is 0 Å². The molecule has 0 aliphatic carbocycles. The quantitative estimate of drug-likeness (QED) is 0.533.